The zero-order chi connectivity index (χ0) is 18.7. The Kier molecular flexibility index (Phi) is 5.07. The van der Waals surface area contributed by atoms with E-state index in [0.29, 0.717) is 12.1 Å². The number of aryl methyl sites for hydroxylation is 2. The summed E-state index contributed by atoms with van der Waals surface area (Å²) in [5, 5.41) is 3.87. The molecule has 5 heteroatoms. The number of carbonyl (C=O) groups is 2. The van der Waals surface area contributed by atoms with Gasteiger partial charge >= 0.3 is 5.97 Å². The van der Waals surface area contributed by atoms with Crippen molar-refractivity contribution >= 4 is 22.8 Å². The van der Waals surface area contributed by atoms with Gasteiger partial charge in [0.25, 0.3) is 0 Å². The number of hydrogen-bond donors (Lipinski definition) is 1. The van der Waals surface area contributed by atoms with Gasteiger partial charge in [-0.25, -0.2) is 4.79 Å². The van der Waals surface area contributed by atoms with Gasteiger partial charge in [0.2, 0.25) is 5.91 Å². The maximum Gasteiger partial charge on any atom is 0.337 e. The average molecular weight is 351 g/mol. The number of methoxy groups -OCH3 is 1. The van der Waals surface area contributed by atoms with Gasteiger partial charge in [-0.3, -0.25) is 4.79 Å². The third-order valence-electron chi connectivity index (χ3n) is 4.56. The van der Waals surface area contributed by atoms with Gasteiger partial charge in [0, 0.05) is 17.5 Å². The van der Waals surface area contributed by atoms with Crippen molar-refractivity contribution in [3.8, 4) is 0 Å². The first-order valence-electron chi connectivity index (χ1n) is 8.40. The second kappa shape index (κ2) is 7.44. The Hall–Kier alpha value is -3.08. The van der Waals surface area contributed by atoms with Crippen LogP contribution >= 0.6 is 0 Å². The quantitative estimate of drug-likeness (QED) is 0.712. The Morgan fingerprint density at radius 2 is 1.81 bits per heavy atom. The lowest BCUT2D eigenvalue weighted by atomic mass is 10.0. The molecule has 26 heavy (non-hydrogen) atoms. The minimum atomic E-state index is -0.377. The Morgan fingerprint density at radius 1 is 1.08 bits per heavy atom. The molecule has 3 aromatic rings. The molecule has 0 aliphatic carbocycles. The topological polar surface area (TPSA) is 68.5 Å². The van der Waals surface area contributed by atoms with Gasteiger partial charge in [-0.2, -0.15) is 0 Å². The third-order valence-corrected chi connectivity index (χ3v) is 4.56. The molecule has 3 rings (SSSR count). The van der Waals surface area contributed by atoms with Crippen LogP contribution in [0.25, 0.3) is 11.0 Å². The van der Waals surface area contributed by atoms with E-state index in [9.17, 15) is 9.59 Å². The molecule has 0 bridgehead atoms. The number of hydrogen-bond acceptors (Lipinski definition) is 4. The summed E-state index contributed by atoms with van der Waals surface area (Å²) in [6, 6.07) is 11.0. The van der Waals surface area contributed by atoms with E-state index in [4.69, 9.17) is 4.42 Å². The Bertz CT molecular complexity index is 954. The van der Waals surface area contributed by atoms with E-state index < -0.39 is 0 Å². The van der Waals surface area contributed by atoms with Crippen molar-refractivity contribution in [2.75, 3.05) is 7.11 Å². The van der Waals surface area contributed by atoms with Crippen molar-refractivity contribution in [1.29, 1.82) is 0 Å². The van der Waals surface area contributed by atoms with Gasteiger partial charge in [-0.1, -0.05) is 24.3 Å². The molecule has 0 spiro atoms. The van der Waals surface area contributed by atoms with Crippen molar-refractivity contribution in [2.24, 2.45) is 0 Å². The molecule has 0 unspecified atom stereocenters. The fraction of sp³-hybridized carbons (Fsp3) is 0.238. The van der Waals surface area contributed by atoms with Gasteiger partial charge in [0.05, 0.1) is 25.4 Å². The van der Waals surface area contributed by atoms with E-state index in [2.05, 4.69) is 10.1 Å². The molecule has 0 radical (unpaired) electrons. The molecule has 1 N–H and O–H groups in total. The molecule has 0 aliphatic rings. The van der Waals surface area contributed by atoms with Crippen LogP contribution in [0.2, 0.25) is 0 Å². The molecule has 0 fully saturated rings. The van der Waals surface area contributed by atoms with Gasteiger partial charge in [0.15, 0.2) is 0 Å². The van der Waals surface area contributed by atoms with Crippen LogP contribution < -0.4 is 5.32 Å². The van der Waals surface area contributed by atoms with E-state index in [1.807, 2.05) is 26.0 Å². The van der Waals surface area contributed by atoms with Crippen LogP contribution in [0.5, 0.6) is 0 Å². The first-order chi connectivity index (χ1) is 12.5. The molecule has 0 atom stereocenters. The fourth-order valence-electron chi connectivity index (χ4n) is 2.84. The van der Waals surface area contributed by atoms with Crippen molar-refractivity contribution in [3.05, 3.63) is 70.5 Å². The second-order valence-electron chi connectivity index (χ2n) is 6.29. The molecule has 1 heterocycles. The van der Waals surface area contributed by atoms with Crippen LogP contribution in [0.1, 0.15) is 32.6 Å². The zero-order valence-corrected chi connectivity index (χ0v) is 15.1. The number of ether oxygens (including phenoxy) is 1. The monoisotopic (exact) mass is 351 g/mol. The summed E-state index contributed by atoms with van der Waals surface area (Å²) >= 11 is 0. The highest BCUT2D eigenvalue weighted by molar-refractivity contribution is 5.90. The maximum atomic E-state index is 12.3. The van der Waals surface area contributed by atoms with Crippen LogP contribution in [-0.4, -0.2) is 19.0 Å². The number of nitrogens with one attached hydrogen (secondary N) is 1. The summed E-state index contributed by atoms with van der Waals surface area (Å²) in [6.45, 7) is 4.45. The zero-order valence-electron chi connectivity index (χ0n) is 15.1. The first kappa shape index (κ1) is 17.7. The molecule has 0 saturated heterocycles. The van der Waals surface area contributed by atoms with Crippen LogP contribution in [-0.2, 0) is 22.5 Å². The predicted molar refractivity (Wildman–Crippen MR) is 99.0 cm³/mol. The lowest BCUT2D eigenvalue weighted by Crippen LogP contribution is -2.24. The number of benzene rings is 2. The SMILES string of the molecule is COC(=O)c1ccc(CNC(=O)Cc2coc3c(C)c(C)ccc23)cc1. The van der Waals surface area contributed by atoms with Crippen LogP contribution in [0, 0.1) is 13.8 Å². The van der Waals surface area contributed by atoms with Crippen molar-refractivity contribution < 1.29 is 18.7 Å². The van der Waals surface area contributed by atoms with Crippen molar-refractivity contribution in [1.82, 2.24) is 5.32 Å². The third kappa shape index (κ3) is 3.61. The molecule has 5 nitrogen and oxygen atoms in total. The minimum Gasteiger partial charge on any atom is -0.465 e. The normalized spacial score (nSPS) is 10.7. The smallest absolute Gasteiger partial charge is 0.337 e. The first-order valence-corrected chi connectivity index (χ1v) is 8.40. The number of amides is 1. The van der Waals surface area contributed by atoms with Crippen LogP contribution in [0.15, 0.2) is 47.1 Å². The highest BCUT2D eigenvalue weighted by atomic mass is 16.5. The van der Waals surface area contributed by atoms with E-state index in [1.54, 1.807) is 30.5 Å². The Balaban J connectivity index is 1.63. The molecule has 2 aromatic carbocycles. The highest BCUT2D eigenvalue weighted by Crippen LogP contribution is 2.26. The lowest BCUT2D eigenvalue weighted by Gasteiger charge is -2.06. The summed E-state index contributed by atoms with van der Waals surface area (Å²) < 4.78 is 10.3. The molecular weight excluding hydrogens is 330 g/mol. The maximum absolute atomic E-state index is 12.3. The summed E-state index contributed by atoms with van der Waals surface area (Å²) in [5.74, 6) is -0.457. The van der Waals surface area contributed by atoms with E-state index in [-0.39, 0.29) is 18.3 Å². The summed E-state index contributed by atoms with van der Waals surface area (Å²) in [7, 11) is 1.35. The molecule has 1 amide bonds. The molecule has 1 aromatic heterocycles. The van der Waals surface area contributed by atoms with E-state index >= 15 is 0 Å². The Labute approximate surface area is 152 Å². The van der Waals surface area contributed by atoms with Crippen LogP contribution in [0.4, 0.5) is 0 Å². The fourth-order valence-corrected chi connectivity index (χ4v) is 2.84. The summed E-state index contributed by atoms with van der Waals surface area (Å²) in [6.07, 6.45) is 1.91. The highest BCUT2D eigenvalue weighted by Gasteiger charge is 2.13. The van der Waals surface area contributed by atoms with Gasteiger partial charge < -0.3 is 14.5 Å². The summed E-state index contributed by atoms with van der Waals surface area (Å²) in [4.78, 5) is 23.7. The largest absolute Gasteiger partial charge is 0.465 e. The lowest BCUT2D eigenvalue weighted by molar-refractivity contribution is -0.120. The summed E-state index contributed by atoms with van der Waals surface area (Å²) in [5.41, 5.74) is 5.37. The number of furan rings is 1. The number of carbonyl (C=O) groups excluding carboxylic acids is 2. The molecule has 134 valence electrons. The number of fused-ring (bicyclic) bond motifs is 1. The van der Waals surface area contributed by atoms with Crippen molar-refractivity contribution in [3.63, 3.8) is 0 Å². The molecule has 0 aliphatic heterocycles. The van der Waals surface area contributed by atoms with E-state index in [1.165, 1.54) is 12.7 Å². The predicted octanol–water partition coefficient (Wildman–Crippen LogP) is 3.70. The van der Waals surface area contributed by atoms with Gasteiger partial charge in [-0.15, -0.1) is 0 Å². The van der Waals surface area contributed by atoms with Crippen molar-refractivity contribution in [2.45, 2.75) is 26.8 Å². The minimum absolute atomic E-state index is 0.0806. The number of rotatable bonds is 5. The second-order valence-corrected chi connectivity index (χ2v) is 6.29. The standard InChI is InChI=1S/C21H21NO4/c1-13-4-9-18-17(12-26-20(18)14(13)2)10-19(23)22-11-15-5-7-16(8-6-15)21(24)25-3/h4-9,12H,10-11H2,1-3H3,(H,22,23). The van der Waals surface area contributed by atoms with E-state index in [0.717, 1.165) is 27.7 Å². The number of esters is 1. The van der Waals surface area contributed by atoms with Gasteiger partial charge in [0.1, 0.15) is 5.58 Å². The molecular formula is C21H21NO4. The molecule has 0 saturated carbocycles. The Morgan fingerprint density at radius 3 is 2.50 bits per heavy atom. The average Bonchev–Trinajstić information content (AvgIpc) is 3.06. The van der Waals surface area contributed by atoms with Crippen LogP contribution in [0.3, 0.4) is 0 Å². The van der Waals surface area contributed by atoms with Gasteiger partial charge in [-0.05, 0) is 42.7 Å².